The molecule has 0 aromatic carbocycles. The quantitative estimate of drug-likeness (QED) is 0.405. The summed E-state index contributed by atoms with van der Waals surface area (Å²) >= 11 is 0. The number of hydrogen-bond acceptors (Lipinski definition) is 4. The van der Waals surface area contributed by atoms with E-state index in [9.17, 15) is 22.8 Å². The van der Waals surface area contributed by atoms with Crippen LogP contribution in [-0.4, -0.2) is 31.3 Å². The molecule has 0 bridgehead atoms. The minimum atomic E-state index is -4.23. The van der Waals surface area contributed by atoms with E-state index in [4.69, 9.17) is 0 Å². The molecule has 0 saturated heterocycles. The maximum absolute atomic E-state index is 12.1. The molecule has 0 radical (unpaired) electrons. The zero-order valence-corrected chi connectivity index (χ0v) is 10.4. The van der Waals surface area contributed by atoms with E-state index in [1.807, 2.05) is 0 Å². The molecule has 0 heterocycles. The van der Waals surface area contributed by atoms with Gasteiger partial charge in [-0.15, -0.1) is 0 Å². The smallest absolute Gasteiger partial charge is 0.391 e. The average molecular weight is 270 g/mol. The lowest BCUT2D eigenvalue weighted by atomic mass is 10.1. The van der Waals surface area contributed by atoms with Gasteiger partial charge in [-0.05, 0) is 19.8 Å². The van der Waals surface area contributed by atoms with Gasteiger partial charge in [-0.1, -0.05) is 6.92 Å². The van der Waals surface area contributed by atoms with Crippen molar-refractivity contribution >= 4 is 11.9 Å². The lowest BCUT2D eigenvalue weighted by Gasteiger charge is -2.14. The van der Waals surface area contributed by atoms with Crippen molar-refractivity contribution in [3.8, 4) is 0 Å². The first-order valence-electron chi connectivity index (χ1n) is 5.65. The second-order valence-electron chi connectivity index (χ2n) is 3.79. The number of alkyl halides is 3. The molecule has 0 spiro atoms. The highest BCUT2D eigenvalue weighted by Crippen LogP contribution is 2.28. The summed E-state index contributed by atoms with van der Waals surface area (Å²) in [7, 11) is 0. The lowest BCUT2D eigenvalue weighted by Crippen LogP contribution is -2.20. The van der Waals surface area contributed by atoms with Crippen LogP contribution in [0.3, 0.4) is 0 Å². The van der Waals surface area contributed by atoms with E-state index in [1.165, 1.54) is 0 Å². The molecule has 4 nitrogen and oxygen atoms in total. The molecule has 1 unspecified atom stereocenters. The monoisotopic (exact) mass is 270 g/mol. The molecule has 0 aromatic heterocycles. The Kier molecular flexibility index (Phi) is 7.38. The third kappa shape index (κ3) is 7.92. The Morgan fingerprint density at radius 1 is 1.17 bits per heavy atom. The van der Waals surface area contributed by atoms with Gasteiger partial charge in [0.1, 0.15) is 6.42 Å². The zero-order chi connectivity index (χ0) is 14.2. The minimum absolute atomic E-state index is 0.106. The van der Waals surface area contributed by atoms with Crippen molar-refractivity contribution in [3.05, 3.63) is 0 Å². The average Bonchev–Trinajstić information content (AvgIpc) is 2.22. The first kappa shape index (κ1) is 16.7. The molecule has 0 rings (SSSR count). The van der Waals surface area contributed by atoms with Crippen LogP contribution in [0, 0.1) is 5.92 Å². The van der Waals surface area contributed by atoms with Crippen LogP contribution in [0.4, 0.5) is 13.2 Å². The molecule has 0 aliphatic carbocycles. The Morgan fingerprint density at radius 3 is 2.22 bits per heavy atom. The van der Waals surface area contributed by atoms with Crippen LogP contribution >= 0.6 is 0 Å². The van der Waals surface area contributed by atoms with Gasteiger partial charge in [0.25, 0.3) is 0 Å². The summed E-state index contributed by atoms with van der Waals surface area (Å²) in [4.78, 5) is 21.9. The standard InChI is InChI=1S/C11H17F3O4/c1-3-17-9(15)7-10(16)18-6-4-5-8(2)11(12,13)14/h8H,3-7H2,1-2H3. The maximum atomic E-state index is 12.1. The van der Waals surface area contributed by atoms with E-state index >= 15 is 0 Å². The van der Waals surface area contributed by atoms with E-state index < -0.39 is 30.5 Å². The van der Waals surface area contributed by atoms with Gasteiger partial charge in [0.15, 0.2) is 0 Å². The Bertz CT molecular complexity index is 276. The summed E-state index contributed by atoms with van der Waals surface area (Å²) in [6.45, 7) is 2.70. The van der Waals surface area contributed by atoms with Crippen LogP contribution in [0.2, 0.25) is 0 Å². The fourth-order valence-electron chi connectivity index (χ4n) is 1.12. The van der Waals surface area contributed by atoms with Crippen molar-refractivity contribution in [1.29, 1.82) is 0 Å². The zero-order valence-electron chi connectivity index (χ0n) is 10.4. The third-order valence-corrected chi connectivity index (χ3v) is 2.20. The van der Waals surface area contributed by atoms with Crippen molar-refractivity contribution < 1.29 is 32.2 Å². The Hall–Kier alpha value is -1.27. The largest absolute Gasteiger partial charge is 0.466 e. The van der Waals surface area contributed by atoms with Gasteiger partial charge in [-0.2, -0.15) is 13.2 Å². The molecule has 106 valence electrons. The van der Waals surface area contributed by atoms with Gasteiger partial charge < -0.3 is 9.47 Å². The predicted octanol–water partition coefficient (Wildman–Crippen LogP) is 2.46. The maximum Gasteiger partial charge on any atom is 0.391 e. The van der Waals surface area contributed by atoms with Gasteiger partial charge >= 0.3 is 18.1 Å². The molecule has 0 N–H and O–H groups in total. The molecule has 7 heteroatoms. The van der Waals surface area contributed by atoms with Gasteiger partial charge in [0, 0.05) is 0 Å². The van der Waals surface area contributed by atoms with Crippen molar-refractivity contribution in [2.45, 2.75) is 39.3 Å². The number of rotatable bonds is 7. The molecule has 0 fully saturated rings. The molecule has 0 aromatic rings. The second kappa shape index (κ2) is 7.94. The van der Waals surface area contributed by atoms with E-state index in [0.717, 1.165) is 6.92 Å². The Morgan fingerprint density at radius 2 is 1.72 bits per heavy atom. The first-order valence-corrected chi connectivity index (χ1v) is 5.65. The summed E-state index contributed by atoms with van der Waals surface area (Å²) in [5.41, 5.74) is 0. The van der Waals surface area contributed by atoms with Crippen molar-refractivity contribution in [2.75, 3.05) is 13.2 Å². The van der Waals surface area contributed by atoms with E-state index in [0.29, 0.717) is 0 Å². The van der Waals surface area contributed by atoms with Crippen molar-refractivity contribution in [3.63, 3.8) is 0 Å². The summed E-state index contributed by atoms with van der Waals surface area (Å²) in [6.07, 6.45) is -4.75. The SMILES string of the molecule is CCOC(=O)CC(=O)OCCCC(C)C(F)(F)F. The van der Waals surface area contributed by atoms with Gasteiger partial charge in [0.2, 0.25) is 0 Å². The third-order valence-electron chi connectivity index (χ3n) is 2.20. The normalized spacial score (nSPS) is 12.9. The predicted molar refractivity (Wildman–Crippen MR) is 56.7 cm³/mol. The number of carbonyl (C=O) groups excluding carboxylic acids is 2. The van der Waals surface area contributed by atoms with Gasteiger partial charge in [-0.3, -0.25) is 9.59 Å². The van der Waals surface area contributed by atoms with E-state index in [1.54, 1.807) is 6.92 Å². The fourth-order valence-corrected chi connectivity index (χ4v) is 1.12. The molecule has 0 saturated carbocycles. The highest BCUT2D eigenvalue weighted by atomic mass is 19.4. The highest BCUT2D eigenvalue weighted by Gasteiger charge is 2.35. The number of ether oxygens (including phenoxy) is 2. The summed E-state index contributed by atoms with van der Waals surface area (Å²) < 4.78 is 45.5. The molecule has 1 atom stereocenters. The van der Waals surface area contributed by atoms with Crippen LogP contribution in [0.25, 0.3) is 0 Å². The Balaban J connectivity index is 3.67. The lowest BCUT2D eigenvalue weighted by molar-refractivity contribution is -0.172. The summed E-state index contributed by atoms with van der Waals surface area (Å²) in [5.74, 6) is -2.92. The van der Waals surface area contributed by atoms with Crippen LogP contribution in [0.1, 0.15) is 33.1 Å². The van der Waals surface area contributed by atoms with Crippen LogP contribution in [-0.2, 0) is 19.1 Å². The van der Waals surface area contributed by atoms with E-state index in [-0.39, 0.29) is 26.1 Å². The van der Waals surface area contributed by atoms with E-state index in [2.05, 4.69) is 9.47 Å². The number of esters is 2. The van der Waals surface area contributed by atoms with Crippen LogP contribution in [0.5, 0.6) is 0 Å². The molecule has 0 amide bonds. The highest BCUT2D eigenvalue weighted by molar-refractivity contribution is 5.91. The second-order valence-corrected chi connectivity index (χ2v) is 3.79. The topological polar surface area (TPSA) is 52.6 Å². The summed E-state index contributed by atoms with van der Waals surface area (Å²) in [5, 5.41) is 0. The molecular weight excluding hydrogens is 253 g/mol. The van der Waals surface area contributed by atoms with Gasteiger partial charge in [-0.25, -0.2) is 0 Å². The Labute approximate surface area is 103 Å². The van der Waals surface area contributed by atoms with Crippen LogP contribution < -0.4 is 0 Å². The molecule has 0 aliphatic heterocycles. The minimum Gasteiger partial charge on any atom is -0.466 e. The number of hydrogen-bond donors (Lipinski definition) is 0. The number of halogens is 3. The van der Waals surface area contributed by atoms with Crippen molar-refractivity contribution in [1.82, 2.24) is 0 Å². The first-order chi connectivity index (χ1) is 8.27. The molecule has 0 aliphatic rings. The van der Waals surface area contributed by atoms with Crippen molar-refractivity contribution in [2.24, 2.45) is 5.92 Å². The van der Waals surface area contributed by atoms with Gasteiger partial charge in [0.05, 0.1) is 19.1 Å². The number of carbonyl (C=O) groups is 2. The molecule has 18 heavy (non-hydrogen) atoms. The van der Waals surface area contributed by atoms with Crippen LogP contribution in [0.15, 0.2) is 0 Å². The summed E-state index contributed by atoms with van der Waals surface area (Å²) in [6, 6.07) is 0. The fraction of sp³-hybridized carbons (Fsp3) is 0.818. The molecular formula is C11H17F3O4.